The first-order valence-corrected chi connectivity index (χ1v) is 6.54. The third kappa shape index (κ3) is 2.60. The predicted molar refractivity (Wildman–Crippen MR) is 79.7 cm³/mol. The molecule has 2 aromatic rings. The molecule has 108 valence electrons. The maximum absolute atomic E-state index is 12.3. The summed E-state index contributed by atoms with van der Waals surface area (Å²) >= 11 is 0. The number of nitriles is 1. The summed E-state index contributed by atoms with van der Waals surface area (Å²) in [6, 6.07) is 13.4. The summed E-state index contributed by atoms with van der Waals surface area (Å²) in [6.45, 7) is -0.0470. The third-order valence-corrected chi connectivity index (χ3v) is 3.15. The number of nitrogens with zero attached hydrogens (tertiary/aromatic N) is 1. The van der Waals surface area contributed by atoms with Crippen molar-refractivity contribution >= 4 is 23.2 Å². The third-order valence-electron chi connectivity index (χ3n) is 3.15. The lowest BCUT2D eigenvalue weighted by atomic mass is 10.1. The molecule has 22 heavy (non-hydrogen) atoms. The van der Waals surface area contributed by atoms with Crippen LogP contribution in [0.15, 0.2) is 42.5 Å². The smallest absolute Gasteiger partial charge is 0.262 e. The molecule has 0 aliphatic carbocycles. The van der Waals surface area contributed by atoms with Crippen LogP contribution < -0.4 is 15.4 Å². The van der Waals surface area contributed by atoms with Crippen LogP contribution in [0.5, 0.6) is 5.75 Å². The van der Waals surface area contributed by atoms with E-state index < -0.39 is 0 Å². The first-order chi connectivity index (χ1) is 10.7. The number of benzene rings is 2. The van der Waals surface area contributed by atoms with Gasteiger partial charge in [-0.3, -0.25) is 9.59 Å². The van der Waals surface area contributed by atoms with E-state index in [0.717, 1.165) is 0 Å². The maximum atomic E-state index is 12.3. The van der Waals surface area contributed by atoms with Crippen LogP contribution >= 0.6 is 0 Å². The lowest BCUT2D eigenvalue weighted by Gasteiger charge is -2.20. The summed E-state index contributed by atoms with van der Waals surface area (Å²) in [5, 5.41) is 14.3. The number of nitrogens with one attached hydrogen (secondary N) is 2. The molecule has 0 aromatic heterocycles. The normalized spacial score (nSPS) is 12.4. The van der Waals surface area contributed by atoms with Crippen molar-refractivity contribution in [3.05, 3.63) is 53.6 Å². The van der Waals surface area contributed by atoms with Crippen LogP contribution in [0, 0.1) is 11.3 Å². The zero-order chi connectivity index (χ0) is 15.5. The lowest BCUT2D eigenvalue weighted by molar-refractivity contribution is -0.118. The maximum Gasteiger partial charge on any atom is 0.262 e. The Kier molecular flexibility index (Phi) is 3.46. The number of anilines is 2. The number of hydrogen-bond acceptors (Lipinski definition) is 4. The summed E-state index contributed by atoms with van der Waals surface area (Å²) < 4.78 is 5.29. The average molecular weight is 293 g/mol. The second-order valence-electron chi connectivity index (χ2n) is 4.66. The van der Waals surface area contributed by atoms with Crippen LogP contribution in [-0.4, -0.2) is 18.4 Å². The van der Waals surface area contributed by atoms with Gasteiger partial charge in [0.25, 0.3) is 11.8 Å². The topological polar surface area (TPSA) is 91.2 Å². The van der Waals surface area contributed by atoms with Gasteiger partial charge in [0.2, 0.25) is 0 Å². The van der Waals surface area contributed by atoms with Crippen LogP contribution in [0.1, 0.15) is 15.9 Å². The monoisotopic (exact) mass is 293 g/mol. The van der Waals surface area contributed by atoms with Gasteiger partial charge < -0.3 is 15.4 Å². The molecule has 1 heterocycles. The summed E-state index contributed by atoms with van der Waals surface area (Å²) in [4.78, 5) is 23.7. The van der Waals surface area contributed by atoms with E-state index in [4.69, 9.17) is 10.00 Å². The molecule has 1 aliphatic heterocycles. The van der Waals surface area contributed by atoms with E-state index in [9.17, 15) is 9.59 Å². The van der Waals surface area contributed by atoms with Gasteiger partial charge in [0, 0.05) is 5.56 Å². The first-order valence-electron chi connectivity index (χ1n) is 6.54. The molecule has 3 rings (SSSR count). The van der Waals surface area contributed by atoms with Gasteiger partial charge in [-0.1, -0.05) is 12.1 Å². The first kappa shape index (κ1) is 13.6. The number of carbonyl (C=O) groups is 2. The fraction of sp³-hybridized carbons (Fsp3) is 0.0625. The minimum Gasteiger partial charge on any atom is -0.481 e. The van der Waals surface area contributed by atoms with E-state index in [2.05, 4.69) is 10.6 Å². The van der Waals surface area contributed by atoms with Gasteiger partial charge in [-0.15, -0.1) is 0 Å². The van der Waals surface area contributed by atoms with Crippen molar-refractivity contribution in [2.24, 2.45) is 0 Å². The standard InChI is InChI=1S/C16H11N3O3/c17-8-10-3-1-4-11(7-10)16(21)18-12-5-2-6-13-15(12)19-14(20)9-22-13/h1-7H,9H2,(H,18,21)(H,19,20). The number of carbonyl (C=O) groups excluding carboxylic acids is 2. The van der Waals surface area contributed by atoms with Gasteiger partial charge in [-0.05, 0) is 30.3 Å². The largest absolute Gasteiger partial charge is 0.481 e. The van der Waals surface area contributed by atoms with E-state index in [1.807, 2.05) is 6.07 Å². The molecule has 0 atom stereocenters. The summed E-state index contributed by atoms with van der Waals surface area (Å²) in [5.41, 5.74) is 1.64. The molecule has 0 saturated heterocycles. The molecular formula is C16H11N3O3. The minimum absolute atomic E-state index is 0.0470. The van der Waals surface area contributed by atoms with Crippen LogP contribution in [0.3, 0.4) is 0 Å². The van der Waals surface area contributed by atoms with Crippen molar-refractivity contribution in [3.63, 3.8) is 0 Å². The van der Waals surface area contributed by atoms with Crippen molar-refractivity contribution in [2.45, 2.75) is 0 Å². The van der Waals surface area contributed by atoms with Crippen LogP contribution in [-0.2, 0) is 4.79 Å². The summed E-state index contributed by atoms with van der Waals surface area (Å²) in [7, 11) is 0. The molecule has 2 aromatic carbocycles. The fourth-order valence-electron chi connectivity index (χ4n) is 2.13. The Hall–Kier alpha value is -3.33. The zero-order valence-electron chi connectivity index (χ0n) is 11.4. The van der Waals surface area contributed by atoms with Crippen molar-refractivity contribution in [1.29, 1.82) is 5.26 Å². The van der Waals surface area contributed by atoms with Crippen LogP contribution in [0.4, 0.5) is 11.4 Å². The molecule has 0 saturated carbocycles. The summed E-state index contributed by atoms with van der Waals surface area (Å²) in [6.07, 6.45) is 0. The number of rotatable bonds is 2. The zero-order valence-corrected chi connectivity index (χ0v) is 11.4. The van der Waals surface area contributed by atoms with Crippen molar-refractivity contribution in [3.8, 4) is 11.8 Å². The second-order valence-corrected chi connectivity index (χ2v) is 4.66. The Balaban J connectivity index is 1.89. The average Bonchev–Trinajstić information content (AvgIpc) is 2.55. The quantitative estimate of drug-likeness (QED) is 0.887. The number of amides is 2. The van der Waals surface area contributed by atoms with E-state index >= 15 is 0 Å². The van der Waals surface area contributed by atoms with Crippen molar-refractivity contribution in [1.82, 2.24) is 0 Å². The van der Waals surface area contributed by atoms with E-state index in [-0.39, 0.29) is 18.4 Å². The molecule has 0 bridgehead atoms. The highest BCUT2D eigenvalue weighted by Gasteiger charge is 2.20. The van der Waals surface area contributed by atoms with Crippen molar-refractivity contribution < 1.29 is 14.3 Å². The van der Waals surface area contributed by atoms with Gasteiger partial charge in [-0.25, -0.2) is 0 Å². The molecule has 6 nitrogen and oxygen atoms in total. The van der Waals surface area contributed by atoms with E-state index in [0.29, 0.717) is 28.3 Å². The van der Waals surface area contributed by atoms with Gasteiger partial charge >= 0.3 is 0 Å². The van der Waals surface area contributed by atoms with Gasteiger partial charge in [-0.2, -0.15) is 5.26 Å². The highest BCUT2D eigenvalue weighted by Crippen LogP contribution is 2.34. The van der Waals surface area contributed by atoms with Gasteiger partial charge in [0.15, 0.2) is 6.61 Å². The second kappa shape index (κ2) is 5.58. The molecule has 0 spiro atoms. The Morgan fingerprint density at radius 3 is 2.91 bits per heavy atom. The number of ether oxygens (including phenoxy) is 1. The predicted octanol–water partition coefficient (Wildman–Crippen LogP) is 2.14. The molecule has 0 fully saturated rings. The summed E-state index contributed by atoms with van der Waals surface area (Å²) in [5.74, 6) is -0.144. The Bertz CT molecular complexity index is 809. The van der Waals surface area contributed by atoms with Gasteiger partial charge in [0.1, 0.15) is 11.4 Å². The Morgan fingerprint density at radius 1 is 1.27 bits per heavy atom. The molecule has 0 radical (unpaired) electrons. The molecule has 2 N–H and O–H groups in total. The highest BCUT2D eigenvalue weighted by atomic mass is 16.5. The molecular weight excluding hydrogens is 282 g/mol. The minimum atomic E-state index is -0.370. The molecule has 6 heteroatoms. The van der Waals surface area contributed by atoms with Crippen molar-refractivity contribution in [2.75, 3.05) is 17.2 Å². The SMILES string of the molecule is N#Cc1cccc(C(=O)Nc2cccc3c2NC(=O)CO3)c1. The number of fused-ring (bicyclic) bond motifs is 1. The van der Waals surface area contributed by atoms with Gasteiger partial charge in [0.05, 0.1) is 17.3 Å². The fourth-order valence-corrected chi connectivity index (χ4v) is 2.13. The van der Waals surface area contributed by atoms with E-state index in [1.54, 1.807) is 36.4 Å². The van der Waals surface area contributed by atoms with Crippen LogP contribution in [0.25, 0.3) is 0 Å². The lowest BCUT2D eigenvalue weighted by Crippen LogP contribution is -2.26. The number of hydrogen-bond donors (Lipinski definition) is 2. The Morgan fingerprint density at radius 2 is 2.09 bits per heavy atom. The Labute approximate surface area is 126 Å². The van der Waals surface area contributed by atoms with Crippen LogP contribution in [0.2, 0.25) is 0 Å². The highest BCUT2D eigenvalue weighted by molar-refractivity contribution is 6.08. The molecule has 0 unspecified atom stereocenters. The molecule has 1 aliphatic rings. The number of para-hydroxylation sites is 1. The molecule has 2 amide bonds. The van der Waals surface area contributed by atoms with E-state index in [1.165, 1.54) is 6.07 Å².